The molecular formula is C43H28N2S. The summed E-state index contributed by atoms with van der Waals surface area (Å²) >= 11 is 1.87. The van der Waals surface area contributed by atoms with E-state index < -0.39 is 0 Å². The minimum atomic E-state index is 1.18. The lowest BCUT2D eigenvalue weighted by atomic mass is 10.0. The van der Waals surface area contributed by atoms with Gasteiger partial charge >= 0.3 is 0 Å². The minimum absolute atomic E-state index is 1.18. The number of aromatic nitrogens is 2. The topological polar surface area (TPSA) is 9.86 Å². The smallest absolute Gasteiger partial charge is 0.0543 e. The fraction of sp³-hybridized carbons (Fsp3) is 0.0233. The predicted molar refractivity (Wildman–Crippen MR) is 198 cm³/mol. The lowest BCUT2D eigenvalue weighted by molar-refractivity contribution is 1.18. The fourth-order valence-corrected chi connectivity index (χ4v) is 8.65. The minimum Gasteiger partial charge on any atom is -0.309 e. The molecule has 0 radical (unpaired) electrons. The van der Waals surface area contributed by atoms with Gasteiger partial charge in [-0.05, 0) is 90.3 Å². The summed E-state index contributed by atoms with van der Waals surface area (Å²) in [5.41, 5.74) is 11.1. The maximum atomic E-state index is 2.43. The summed E-state index contributed by atoms with van der Waals surface area (Å²) in [5.74, 6) is 0. The molecule has 7 aromatic carbocycles. The third-order valence-corrected chi connectivity index (χ3v) is 10.8. The predicted octanol–water partition coefficient (Wildman–Crippen LogP) is 12.2. The van der Waals surface area contributed by atoms with Crippen molar-refractivity contribution >= 4 is 75.1 Å². The highest BCUT2D eigenvalue weighted by atomic mass is 32.1. The lowest BCUT2D eigenvalue weighted by Crippen LogP contribution is -1.94. The van der Waals surface area contributed by atoms with Crippen LogP contribution in [0.25, 0.3) is 86.3 Å². The molecule has 0 amide bonds. The molecule has 0 aliphatic rings. The van der Waals surface area contributed by atoms with E-state index in [-0.39, 0.29) is 0 Å². The molecule has 0 fully saturated rings. The number of hydrogen-bond acceptors (Lipinski definition) is 1. The summed E-state index contributed by atoms with van der Waals surface area (Å²) in [4.78, 5) is 0. The number of rotatable bonds is 3. The molecule has 3 aromatic heterocycles. The van der Waals surface area contributed by atoms with Crippen LogP contribution in [0.4, 0.5) is 0 Å². The van der Waals surface area contributed by atoms with Gasteiger partial charge in [0, 0.05) is 53.1 Å². The zero-order valence-electron chi connectivity index (χ0n) is 25.2. The molecule has 0 aliphatic carbocycles. The number of benzene rings is 7. The summed E-state index contributed by atoms with van der Waals surface area (Å²) < 4.78 is 7.45. The number of para-hydroxylation sites is 3. The first-order valence-electron chi connectivity index (χ1n) is 15.8. The molecule has 216 valence electrons. The molecule has 2 nitrogen and oxygen atoms in total. The van der Waals surface area contributed by atoms with Crippen LogP contribution in [-0.4, -0.2) is 9.13 Å². The molecule has 0 spiro atoms. The number of aryl methyl sites for hydroxylation is 1. The quantitative estimate of drug-likeness (QED) is 0.190. The van der Waals surface area contributed by atoms with Gasteiger partial charge in [0.2, 0.25) is 0 Å². The summed E-state index contributed by atoms with van der Waals surface area (Å²) in [6.07, 6.45) is 0. The van der Waals surface area contributed by atoms with E-state index in [9.17, 15) is 0 Å². The van der Waals surface area contributed by atoms with Gasteiger partial charge in [0.25, 0.3) is 0 Å². The lowest BCUT2D eigenvalue weighted by Gasteiger charge is -2.11. The average molecular weight is 605 g/mol. The van der Waals surface area contributed by atoms with Gasteiger partial charge in [-0.2, -0.15) is 0 Å². The number of nitrogens with zero attached hydrogens (tertiary/aromatic N) is 2. The maximum Gasteiger partial charge on any atom is 0.0543 e. The molecule has 0 N–H and O–H groups in total. The Hall–Kier alpha value is -5.64. The summed E-state index contributed by atoms with van der Waals surface area (Å²) in [7, 11) is 0. The largest absolute Gasteiger partial charge is 0.309 e. The molecule has 0 saturated heterocycles. The summed E-state index contributed by atoms with van der Waals surface area (Å²) in [5, 5.41) is 7.80. The van der Waals surface area contributed by atoms with Crippen molar-refractivity contribution in [3.63, 3.8) is 0 Å². The second kappa shape index (κ2) is 9.68. The van der Waals surface area contributed by atoms with Crippen molar-refractivity contribution in [2.24, 2.45) is 0 Å². The molecule has 46 heavy (non-hydrogen) atoms. The Morgan fingerprint density at radius 2 is 0.935 bits per heavy atom. The van der Waals surface area contributed by atoms with Crippen LogP contribution in [0.15, 0.2) is 152 Å². The first-order valence-corrected chi connectivity index (χ1v) is 16.6. The summed E-state index contributed by atoms with van der Waals surface area (Å²) in [6.45, 7) is 2.21. The van der Waals surface area contributed by atoms with Crippen LogP contribution in [0.5, 0.6) is 0 Å². The Bertz CT molecular complexity index is 2770. The first kappa shape index (κ1) is 25.7. The highest BCUT2D eigenvalue weighted by molar-refractivity contribution is 7.25. The molecule has 3 heteroatoms. The molecule has 10 aromatic rings. The van der Waals surface area contributed by atoms with E-state index in [1.54, 1.807) is 0 Å². The first-order chi connectivity index (χ1) is 22.7. The van der Waals surface area contributed by atoms with Crippen molar-refractivity contribution < 1.29 is 0 Å². The summed E-state index contributed by atoms with van der Waals surface area (Å²) in [6, 6.07) is 55.7. The van der Waals surface area contributed by atoms with Gasteiger partial charge < -0.3 is 9.13 Å². The second-order valence-electron chi connectivity index (χ2n) is 12.2. The molecule has 10 rings (SSSR count). The Labute approximate surface area is 270 Å². The van der Waals surface area contributed by atoms with E-state index in [1.807, 2.05) is 11.3 Å². The monoisotopic (exact) mass is 604 g/mol. The van der Waals surface area contributed by atoms with Crippen molar-refractivity contribution in [3.8, 4) is 22.5 Å². The maximum absolute atomic E-state index is 2.43. The van der Waals surface area contributed by atoms with Crippen LogP contribution < -0.4 is 0 Å². The van der Waals surface area contributed by atoms with E-state index in [4.69, 9.17) is 0 Å². The van der Waals surface area contributed by atoms with Gasteiger partial charge in [-0.15, -0.1) is 11.3 Å². The fourth-order valence-electron chi connectivity index (χ4n) is 7.59. The normalized spacial score (nSPS) is 12.0. The van der Waals surface area contributed by atoms with Crippen molar-refractivity contribution in [3.05, 3.63) is 157 Å². The van der Waals surface area contributed by atoms with Crippen LogP contribution in [0.1, 0.15) is 5.56 Å². The third kappa shape index (κ3) is 3.64. The highest BCUT2D eigenvalue weighted by Crippen LogP contribution is 2.40. The molecule has 3 heterocycles. The van der Waals surface area contributed by atoms with E-state index >= 15 is 0 Å². The standard InChI is InChI=1S/C43H28N2S/c1-27-10-8-19-40-43(27)34-15-4-7-18-39(34)45(40)31-21-23-42-36(26-31)35-25-29(20-22-41(35)46-42)28-11-9-12-30(24-28)44-37-16-5-2-13-32(37)33-14-3-6-17-38(33)44/h2-26H,1H3. The molecule has 0 unspecified atom stereocenters. The van der Waals surface area contributed by atoms with Crippen molar-refractivity contribution in [1.29, 1.82) is 0 Å². The SMILES string of the molecule is Cc1cccc2c1c1ccccc1n2-c1ccc2sc3ccc(-c4cccc(-n5c6ccccc6c6ccccc65)c4)cc3c2c1. The zero-order valence-corrected chi connectivity index (χ0v) is 26.1. The van der Waals surface area contributed by atoms with Gasteiger partial charge in [0.05, 0.1) is 22.1 Å². The third-order valence-electron chi connectivity index (χ3n) is 9.63. The Kier molecular flexibility index (Phi) is 5.40. The Morgan fingerprint density at radius 3 is 1.70 bits per heavy atom. The van der Waals surface area contributed by atoms with Crippen LogP contribution >= 0.6 is 11.3 Å². The number of thiophene rings is 1. The molecule has 0 atom stereocenters. The second-order valence-corrected chi connectivity index (χ2v) is 13.3. The van der Waals surface area contributed by atoms with Gasteiger partial charge in [0.15, 0.2) is 0 Å². The zero-order chi connectivity index (χ0) is 30.4. The van der Waals surface area contributed by atoms with Crippen molar-refractivity contribution in [1.82, 2.24) is 9.13 Å². The van der Waals surface area contributed by atoms with Crippen molar-refractivity contribution in [2.75, 3.05) is 0 Å². The van der Waals surface area contributed by atoms with Crippen LogP contribution in [0.3, 0.4) is 0 Å². The van der Waals surface area contributed by atoms with Gasteiger partial charge in [-0.1, -0.05) is 84.9 Å². The van der Waals surface area contributed by atoms with Gasteiger partial charge in [0.1, 0.15) is 0 Å². The van der Waals surface area contributed by atoms with E-state index in [0.29, 0.717) is 0 Å². The molecule has 0 bridgehead atoms. The highest BCUT2D eigenvalue weighted by Gasteiger charge is 2.16. The Morgan fingerprint density at radius 1 is 0.391 bits per heavy atom. The average Bonchev–Trinajstić information content (AvgIpc) is 3.76. The number of hydrogen-bond donors (Lipinski definition) is 0. The molecular weight excluding hydrogens is 577 g/mol. The van der Waals surface area contributed by atoms with Gasteiger partial charge in [-0.25, -0.2) is 0 Å². The van der Waals surface area contributed by atoms with Crippen molar-refractivity contribution in [2.45, 2.75) is 6.92 Å². The van der Waals surface area contributed by atoms with E-state index in [2.05, 4.69) is 168 Å². The van der Waals surface area contributed by atoms with Crippen LogP contribution in [0.2, 0.25) is 0 Å². The molecule has 0 aliphatic heterocycles. The van der Waals surface area contributed by atoms with E-state index in [0.717, 1.165) is 0 Å². The Balaban J connectivity index is 1.15. The van der Waals surface area contributed by atoms with Gasteiger partial charge in [-0.3, -0.25) is 0 Å². The number of fused-ring (bicyclic) bond motifs is 9. The van der Waals surface area contributed by atoms with E-state index in [1.165, 1.54) is 91.8 Å². The molecule has 0 saturated carbocycles. The van der Waals surface area contributed by atoms with Crippen LogP contribution in [0, 0.1) is 6.92 Å². The van der Waals surface area contributed by atoms with Crippen LogP contribution in [-0.2, 0) is 0 Å².